The zero-order valence-electron chi connectivity index (χ0n) is 40.7. The van der Waals surface area contributed by atoms with Gasteiger partial charge < -0.3 is 69.1 Å². The zero-order valence-corrected chi connectivity index (χ0v) is 40.7. The van der Waals surface area contributed by atoms with Crippen molar-refractivity contribution in [1.29, 1.82) is 0 Å². The van der Waals surface area contributed by atoms with Crippen LogP contribution in [0.2, 0.25) is 0 Å². The molecule has 0 saturated carbocycles. The van der Waals surface area contributed by atoms with E-state index < -0.39 is 151 Å². The molecule has 11 amide bonds. The normalized spacial score (nSPS) is 21.5. The van der Waals surface area contributed by atoms with Gasteiger partial charge in [-0.2, -0.15) is 0 Å². The Morgan fingerprint density at radius 2 is 1.31 bits per heavy atom. The van der Waals surface area contributed by atoms with Crippen LogP contribution in [0, 0.1) is 5.92 Å². The second-order valence-corrected chi connectivity index (χ2v) is 18.1. The first kappa shape index (κ1) is 58.6. The van der Waals surface area contributed by atoms with E-state index in [1.165, 1.54) is 11.8 Å². The topological polar surface area (TPSA) is 414 Å². The van der Waals surface area contributed by atoms with Gasteiger partial charge in [0, 0.05) is 26.3 Å². The van der Waals surface area contributed by atoms with Crippen LogP contribution in [-0.2, 0) is 68.7 Å². The Balaban J connectivity index is 1.97. The highest BCUT2D eigenvalue weighted by Gasteiger charge is 2.40. The summed E-state index contributed by atoms with van der Waals surface area (Å²) in [5.41, 5.74) is 11.2. The average Bonchev–Trinajstić information content (AvgIpc) is 3.80. The summed E-state index contributed by atoms with van der Waals surface area (Å²) in [6.07, 6.45) is -1.76. The molecule has 0 aromatic heterocycles. The molecule has 0 unspecified atom stereocenters. The van der Waals surface area contributed by atoms with E-state index in [1.54, 1.807) is 44.2 Å². The number of primary amides is 2. The largest absolute Gasteiger partial charge is 0.481 e. The summed E-state index contributed by atoms with van der Waals surface area (Å²) in [4.78, 5) is 171. The summed E-state index contributed by atoms with van der Waals surface area (Å²) in [6.45, 7) is 6.07. The molecule has 1 aromatic carbocycles. The fraction of sp³-hybridized carbons (Fsp3) is 0.587. The van der Waals surface area contributed by atoms with Crippen LogP contribution in [0.5, 0.6) is 0 Å². The average molecular weight is 1010 g/mol. The van der Waals surface area contributed by atoms with Crippen LogP contribution in [0.4, 0.5) is 0 Å². The molecule has 0 spiro atoms. The predicted molar refractivity (Wildman–Crippen MR) is 252 cm³/mol. The number of carbonyl (C=O) groups is 13. The highest BCUT2D eigenvalue weighted by atomic mass is 16.4. The molecule has 2 heterocycles. The van der Waals surface area contributed by atoms with Crippen molar-refractivity contribution in [3.63, 3.8) is 0 Å². The van der Waals surface area contributed by atoms with Crippen molar-refractivity contribution in [3.8, 4) is 0 Å². The summed E-state index contributed by atoms with van der Waals surface area (Å²) in [6, 6.07) is -4.47. The molecule has 26 heteroatoms. The Morgan fingerprint density at radius 3 is 1.90 bits per heavy atom. The van der Waals surface area contributed by atoms with E-state index in [4.69, 9.17) is 16.6 Å². The van der Waals surface area contributed by atoms with E-state index >= 15 is 0 Å². The lowest BCUT2D eigenvalue weighted by Gasteiger charge is -2.31. The number of hydrogen-bond donors (Lipinski definition) is 12. The number of rotatable bonds is 21. The molecular formula is C46H67N11O15. The van der Waals surface area contributed by atoms with E-state index in [2.05, 4.69) is 42.5 Å². The molecule has 2 saturated heterocycles. The molecule has 3 rings (SSSR count). The number of nitrogens with two attached hydrogens (primary N) is 2. The van der Waals surface area contributed by atoms with E-state index in [-0.39, 0.29) is 63.8 Å². The van der Waals surface area contributed by atoms with Gasteiger partial charge in [-0.1, -0.05) is 63.4 Å². The van der Waals surface area contributed by atoms with Gasteiger partial charge >= 0.3 is 11.9 Å². The predicted octanol–water partition coefficient (Wildman–Crippen LogP) is -3.54. The number of aliphatic carboxylic acids is 2. The minimum Gasteiger partial charge on any atom is -0.481 e. The van der Waals surface area contributed by atoms with Crippen molar-refractivity contribution >= 4 is 76.9 Å². The molecule has 0 bridgehead atoms. The molecule has 26 nitrogen and oxygen atoms in total. The SMILES string of the molecule is CC(=O)N[C@H](C(=O)N1CCC[C@H]1C(=O)N[C@H]1CCCCC[C@@H](C(=O)N[C@@H](CC(=O)O)C(=O)N[C@@H](C)C(=O)N[C@@H](CC(=O)O)C(N)=O)NC(=O)[C@H](Cc2ccccc2)NC(=O)[C@H](CCC(N)=O)NC1=O)C(C)C. The van der Waals surface area contributed by atoms with Crippen LogP contribution in [0.3, 0.4) is 0 Å². The van der Waals surface area contributed by atoms with Crippen molar-refractivity contribution in [3.05, 3.63) is 35.9 Å². The lowest BCUT2D eigenvalue weighted by atomic mass is 10.0. The Hall–Kier alpha value is -7.67. The lowest BCUT2D eigenvalue weighted by molar-refractivity contribution is -0.143. The van der Waals surface area contributed by atoms with Gasteiger partial charge in [-0.15, -0.1) is 0 Å². The molecule has 72 heavy (non-hydrogen) atoms. The fourth-order valence-corrected chi connectivity index (χ4v) is 8.05. The maximum Gasteiger partial charge on any atom is 0.305 e. The second-order valence-electron chi connectivity index (χ2n) is 18.1. The molecule has 14 N–H and O–H groups in total. The van der Waals surface area contributed by atoms with E-state index in [0.29, 0.717) is 12.0 Å². The number of nitrogens with zero attached hydrogens (tertiary/aromatic N) is 1. The summed E-state index contributed by atoms with van der Waals surface area (Å²) in [5, 5.41) is 38.5. The standard InChI is InChI=1S/C46H67N11O15/c1-23(2)37(50-25(4)58)46(72)57-19-11-16-33(57)45(71)53-28-15-10-6-9-14-27(41(67)56-32(22-36(62)63)43(69)49-24(3)39(65)54-30(38(48)64)21-35(60)61)51-44(70)31(20-26-12-7-5-8-13-26)55-42(68)29(52-40(28)66)17-18-34(47)59/h5,7-8,12-13,23-24,27-33,37H,6,9-11,14-22H2,1-4H3,(H2,47,59)(H2,48,64)(H,49,69)(H,50,58)(H,51,70)(H,52,66)(H,53,71)(H,54,65)(H,55,68)(H,56,67)(H,60,61)(H,62,63)/t24-,27-,28-,29-,30-,31-,32-,33-,37-/m0/s1. The summed E-state index contributed by atoms with van der Waals surface area (Å²) in [5.74, 6) is -13.0. The minimum atomic E-state index is -1.87. The van der Waals surface area contributed by atoms with Crippen LogP contribution in [0.1, 0.15) is 104 Å². The highest BCUT2D eigenvalue weighted by Crippen LogP contribution is 2.22. The second kappa shape index (κ2) is 28.2. The van der Waals surface area contributed by atoms with E-state index in [9.17, 15) is 67.4 Å². The molecule has 1 aromatic rings. The van der Waals surface area contributed by atoms with Gasteiger partial charge in [0.2, 0.25) is 65.0 Å². The number of likely N-dealkylation sites (tertiary alicyclic amines) is 1. The number of carbonyl (C=O) groups excluding carboxylic acids is 11. The first-order valence-corrected chi connectivity index (χ1v) is 23.6. The number of hydrogen-bond acceptors (Lipinski definition) is 13. The Kier molecular flexibility index (Phi) is 23.0. The molecule has 0 radical (unpaired) electrons. The van der Waals surface area contributed by atoms with Crippen molar-refractivity contribution in [2.75, 3.05) is 6.54 Å². The maximum absolute atomic E-state index is 14.2. The van der Waals surface area contributed by atoms with Gasteiger partial charge in [0.1, 0.15) is 54.4 Å². The van der Waals surface area contributed by atoms with Crippen LogP contribution >= 0.6 is 0 Å². The first-order valence-electron chi connectivity index (χ1n) is 23.6. The Morgan fingerprint density at radius 1 is 0.694 bits per heavy atom. The molecule has 2 aliphatic rings. The lowest BCUT2D eigenvalue weighted by Crippen LogP contribution is -2.60. The van der Waals surface area contributed by atoms with Gasteiger partial charge in [-0.05, 0) is 50.5 Å². The third-order valence-corrected chi connectivity index (χ3v) is 11.9. The van der Waals surface area contributed by atoms with Crippen LogP contribution < -0.4 is 54.0 Å². The molecular weight excluding hydrogens is 947 g/mol. The zero-order chi connectivity index (χ0) is 53.8. The minimum absolute atomic E-state index is 0.0497. The van der Waals surface area contributed by atoms with Gasteiger partial charge in [-0.25, -0.2) is 0 Å². The van der Waals surface area contributed by atoms with E-state index in [0.717, 1.165) is 6.92 Å². The number of benzene rings is 1. The van der Waals surface area contributed by atoms with Gasteiger partial charge in [-0.3, -0.25) is 62.3 Å². The first-order chi connectivity index (χ1) is 33.9. The van der Waals surface area contributed by atoms with Gasteiger partial charge in [0.15, 0.2) is 0 Å². The smallest absolute Gasteiger partial charge is 0.305 e. The Labute approximate surface area is 415 Å². The molecule has 396 valence electrons. The summed E-state index contributed by atoms with van der Waals surface area (Å²) >= 11 is 0. The van der Waals surface area contributed by atoms with Crippen LogP contribution in [0.25, 0.3) is 0 Å². The van der Waals surface area contributed by atoms with Crippen molar-refractivity contribution < 1.29 is 72.5 Å². The number of carboxylic acids is 2. The van der Waals surface area contributed by atoms with Crippen molar-refractivity contribution in [1.82, 2.24) is 47.4 Å². The Bertz CT molecular complexity index is 2190. The third kappa shape index (κ3) is 18.9. The quantitative estimate of drug-likeness (QED) is 0.0568. The third-order valence-electron chi connectivity index (χ3n) is 11.9. The van der Waals surface area contributed by atoms with E-state index in [1.807, 2.05) is 0 Å². The highest BCUT2D eigenvalue weighted by molar-refractivity contribution is 5.99. The van der Waals surface area contributed by atoms with Crippen LogP contribution in [-0.4, -0.2) is 153 Å². The number of carboxylic acid groups (broad SMARTS) is 2. The maximum atomic E-state index is 14.2. The summed E-state index contributed by atoms with van der Waals surface area (Å²) in [7, 11) is 0. The molecule has 9 atom stereocenters. The van der Waals surface area contributed by atoms with Gasteiger partial charge in [0.05, 0.1) is 12.8 Å². The van der Waals surface area contributed by atoms with Crippen molar-refractivity contribution in [2.24, 2.45) is 17.4 Å². The van der Waals surface area contributed by atoms with Crippen molar-refractivity contribution in [2.45, 2.75) is 159 Å². The fourth-order valence-electron chi connectivity index (χ4n) is 8.05. The van der Waals surface area contributed by atoms with Crippen LogP contribution in [0.15, 0.2) is 30.3 Å². The number of amides is 11. The molecule has 2 fully saturated rings. The summed E-state index contributed by atoms with van der Waals surface area (Å²) < 4.78 is 0. The number of nitrogens with one attached hydrogen (secondary N) is 8. The molecule has 0 aliphatic carbocycles. The van der Waals surface area contributed by atoms with Gasteiger partial charge in [0.25, 0.3) is 0 Å². The monoisotopic (exact) mass is 1010 g/mol. The molecule has 2 aliphatic heterocycles.